The number of alkyl halides is 2. The van der Waals surface area contributed by atoms with E-state index in [2.05, 4.69) is 4.74 Å². The van der Waals surface area contributed by atoms with Crippen molar-refractivity contribution in [2.24, 2.45) is 17.8 Å². The molecule has 3 aliphatic carbocycles. The SMILES string of the molecule is O=C(OC1C2CCC(C2)C1OC(F)(F)C(=O)[O-])C1CCCCC1. The molecule has 0 aromatic rings. The third kappa shape index (κ3) is 3.34. The summed E-state index contributed by atoms with van der Waals surface area (Å²) in [5.74, 6) is -3.29. The zero-order chi connectivity index (χ0) is 16.6. The molecule has 3 saturated carbocycles. The molecule has 0 spiro atoms. The van der Waals surface area contributed by atoms with E-state index in [0.29, 0.717) is 12.8 Å². The minimum Gasteiger partial charge on any atom is -0.542 e. The third-order valence-electron chi connectivity index (χ3n) is 5.48. The summed E-state index contributed by atoms with van der Waals surface area (Å²) in [6.45, 7) is 0. The first-order valence-electron chi connectivity index (χ1n) is 8.36. The van der Waals surface area contributed by atoms with Gasteiger partial charge in [-0.1, -0.05) is 19.3 Å². The number of ether oxygens (including phenoxy) is 2. The molecule has 0 aromatic carbocycles. The van der Waals surface area contributed by atoms with Crippen LogP contribution in [0.25, 0.3) is 0 Å². The maximum Gasteiger partial charge on any atom is 0.398 e. The molecule has 0 N–H and O–H groups in total. The summed E-state index contributed by atoms with van der Waals surface area (Å²) in [4.78, 5) is 22.8. The van der Waals surface area contributed by atoms with E-state index >= 15 is 0 Å². The van der Waals surface area contributed by atoms with E-state index in [4.69, 9.17) is 4.74 Å². The van der Waals surface area contributed by atoms with Crippen molar-refractivity contribution in [3.63, 3.8) is 0 Å². The van der Waals surface area contributed by atoms with Crippen molar-refractivity contribution < 1.29 is 33.0 Å². The Kier molecular flexibility index (Phi) is 4.58. The molecule has 0 heterocycles. The first-order valence-corrected chi connectivity index (χ1v) is 8.36. The van der Waals surface area contributed by atoms with Crippen LogP contribution < -0.4 is 5.11 Å². The fourth-order valence-electron chi connectivity index (χ4n) is 4.30. The van der Waals surface area contributed by atoms with Gasteiger partial charge in [0, 0.05) is 0 Å². The molecule has 4 unspecified atom stereocenters. The highest BCUT2D eigenvalue weighted by Gasteiger charge is 2.54. The lowest BCUT2D eigenvalue weighted by atomic mass is 9.89. The second-order valence-corrected chi connectivity index (χ2v) is 6.96. The minimum absolute atomic E-state index is 0.0184. The number of hydrogen-bond donors (Lipinski definition) is 0. The van der Waals surface area contributed by atoms with E-state index in [1.807, 2.05) is 0 Å². The van der Waals surface area contributed by atoms with Gasteiger partial charge in [0.2, 0.25) is 0 Å². The number of esters is 1. The molecule has 7 heteroatoms. The van der Waals surface area contributed by atoms with E-state index in [0.717, 1.165) is 38.5 Å². The van der Waals surface area contributed by atoms with Crippen LogP contribution in [-0.4, -0.2) is 30.3 Å². The van der Waals surface area contributed by atoms with Crippen LogP contribution in [0.1, 0.15) is 51.4 Å². The van der Waals surface area contributed by atoms with Gasteiger partial charge in [-0.25, -0.2) is 0 Å². The van der Waals surface area contributed by atoms with E-state index in [1.54, 1.807) is 0 Å². The number of carboxylic acids is 1. The van der Waals surface area contributed by atoms with Crippen LogP contribution in [0, 0.1) is 17.8 Å². The molecule has 3 fully saturated rings. The predicted molar refractivity (Wildman–Crippen MR) is 72.1 cm³/mol. The van der Waals surface area contributed by atoms with Gasteiger partial charge in [0.15, 0.2) is 0 Å². The fraction of sp³-hybridized carbons (Fsp3) is 0.875. The van der Waals surface area contributed by atoms with Gasteiger partial charge in [-0.2, -0.15) is 8.78 Å². The molecule has 4 atom stereocenters. The third-order valence-corrected chi connectivity index (χ3v) is 5.48. The highest BCUT2D eigenvalue weighted by Crippen LogP contribution is 2.49. The lowest BCUT2D eigenvalue weighted by molar-refractivity contribution is -0.372. The first-order chi connectivity index (χ1) is 10.9. The van der Waals surface area contributed by atoms with Gasteiger partial charge in [0.25, 0.3) is 0 Å². The summed E-state index contributed by atoms with van der Waals surface area (Å²) in [6.07, 6.45) is 0.504. The molecule has 0 amide bonds. The number of aliphatic carboxylic acids is 1. The summed E-state index contributed by atoms with van der Waals surface area (Å²) < 4.78 is 36.8. The van der Waals surface area contributed by atoms with Crippen LogP contribution in [0.2, 0.25) is 0 Å². The second kappa shape index (κ2) is 6.34. The largest absolute Gasteiger partial charge is 0.542 e. The molecular formula is C16H21F2O5-. The van der Waals surface area contributed by atoms with Crippen LogP contribution in [0.15, 0.2) is 0 Å². The van der Waals surface area contributed by atoms with E-state index in [-0.39, 0.29) is 23.7 Å². The molecule has 0 aromatic heterocycles. The van der Waals surface area contributed by atoms with E-state index < -0.39 is 24.3 Å². The summed E-state index contributed by atoms with van der Waals surface area (Å²) in [7, 11) is 0. The summed E-state index contributed by atoms with van der Waals surface area (Å²) in [5, 5.41) is 10.5. The number of rotatable bonds is 5. The second-order valence-electron chi connectivity index (χ2n) is 6.96. The Bertz CT molecular complexity index is 475. The van der Waals surface area contributed by atoms with E-state index in [1.165, 1.54) is 0 Å². The van der Waals surface area contributed by atoms with Crippen molar-refractivity contribution in [3.8, 4) is 0 Å². The van der Waals surface area contributed by atoms with Crippen LogP contribution in [0.5, 0.6) is 0 Å². The standard InChI is InChI=1S/C16H22F2O5/c17-16(18,15(20)21)23-13-11-7-6-10(8-11)12(13)22-14(19)9-4-2-1-3-5-9/h9-13H,1-8H2,(H,20,21)/p-1. The van der Waals surface area contributed by atoms with Gasteiger partial charge in [-0.15, -0.1) is 0 Å². The molecule has 0 radical (unpaired) electrons. The Morgan fingerprint density at radius 3 is 2.17 bits per heavy atom. The topological polar surface area (TPSA) is 75.7 Å². The number of carbonyl (C=O) groups is 2. The quantitative estimate of drug-likeness (QED) is 0.716. The number of hydrogen-bond acceptors (Lipinski definition) is 5. The van der Waals surface area contributed by atoms with Crippen LogP contribution in [0.3, 0.4) is 0 Å². The molecule has 130 valence electrons. The number of carbonyl (C=O) groups excluding carboxylic acids is 2. The molecule has 3 aliphatic rings. The van der Waals surface area contributed by atoms with Crippen LogP contribution >= 0.6 is 0 Å². The normalized spacial score (nSPS) is 34.5. The zero-order valence-corrected chi connectivity index (χ0v) is 12.8. The molecule has 0 aliphatic heterocycles. The Hall–Kier alpha value is -1.24. The predicted octanol–water partition coefficient (Wildman–Crippen LogP) is 1.64. The maximum atomic E-state index is 13.4. The summed E-state index contributed by atoms with van der Waals surface area (Å²) >= 11 is 0. The highest BCUT2D eigenvalue weighted by atomic mass is 19.3. The zero-order valence-electron chi connectivity index (χ0n) is 12.8. The van der Waals surface area contributed by atoms with Crippen LogP contribution in [-0.2, 0) is 19.1 Å². The lowest BCUT2D eigenvalue weighted by Gasteiger charge is -2.34. The average molecular weight is 331 g/mol. The number of halogens is 2. The van der Waals surface area contributed by atoms with E-state index in [9.17, 15) is 23.5 Å². The van der Waals surface area contributed by atoms with Crippen LogP contribution in [0.4, 0.5) is 8.78 Å². The Labute approximate surface area is 133 Å². The molecular weight excluding hydrogens is 310 g/mol. The molecule has 23 heavy (non-hydrogen) atoms. The van der Waals surface area contributed by atoms with Crippen molar-refractivity contribution in [3.05, 3.63) is 0 Å². The van der Waals surface area contributed by atoms with Crippen molar-refractivity contribution in [2.75, 3.05) is 0 Å². The monoisotopic (exact) mass is 331 g/mol. The molecule has 5 nitrogen and oxygen atoms in total. The smallest absolute Gasteiger partial charge is 0.398 e. The van der Waals surface area contributed by atoms with Crippen molar-refractivity contribution in [1.82, 2.24) is 0 Å². The minimum atomic E-state index is -4.36. The van der Waals surface area contributed by atoms with Gasteiger partial charge in [0.1, 0.15) is 18.2 Å². The fourth-order valence-corrected chi connectivity index (χ4v) is 4.30. The van der Waals surface area contributed by atoms with Gasteiger partial charge in [-0.3, -0.25) is 4.79 Å². The van der Waals surface area contributed by atoms with Crippen molar-refractivity contribution in [2.45, 2.75) is 69.7 Å². The average Bonchev–Trinajstić information content (AvgIpc) is 3.10. The number of fused-ring (bicyclic) bond motifs is 2. The maximum absolute atomic E-state index is 13.4. The Morgan fingerprint density at radius 1 is 0.957 bits per heavy atom. The first kappa shape index (κ1) is 16.6. The summed E-state index contributed by atoms with van der Waals surface area (Å²) in [6, 6.07) is 0. The lowest BCUT2D eigenvalue weighted by Crippen LogP contribution is -2.50. The Balaban J connectivity index is 1.66. The molecule has 0 saturated heterocycles. The number of carboxylic acid groups (broad SMARTS) is 1. The van der Waals surface area contributed by atoms with Crippen molar-refractivity contribution >= 4 is 11.9 Å². The van der Waals surface area contributed by atoms with Gasteiger partial charge >= 0.3 is 12.1 Å². The van der Waals surface area contributed by atoms with Crippen molar-refractivity contribution in [1.29, 1.82) is 0 Å². The van der Waals surface area contributed by atoms with Gasteiger partial charge in [-0.05, 0) is 43.9 Å². The van der Waals surface area contributed by atoms with Gasteiger partial charge in [0.05, 0.1) is 5.92 Å². The highest BCUT2D eigenvalue weighted by molar-refractivity contribution is 5.73. The molecule has 2 bridgehead atoms. The Morgan fingerprint density at radius 2 is 1.57 bits per heavy atom. The summed E-state index contributed by atoms with van der Waals surface area (Å²) in [5.41, 5.74) is 0. The van der Waals surface area contributed by atoms with Gasteiger partial charge < -0.3 is 19.4 Å². The molecule has 3 rings (SSSR count).